The normalized spacial score (nSPS) is 13.4. The van der Waals surface area contributed by atoms with E-state index in [9.17, 15) is 4.79 Å². The molecule has 14 heavy (non-hydrogen) atoms. The minimum absolute atomic E-state index is 0.171. The second-order valence-corrected chi connectivity index (χ2v) is 2.95. The third-order valence-electron chi connectivity index (χ3n) is 2.04. The number of hydrogen-bond acceptors (Lipinski definition) is 5. The summed E-state index contributed by atoms with van der Waals surface area (Å²) in [6.45, 7) is 1.65. The summed E-state index contributed by atoms with van der Waals surface area (Å²) < 4.78 is 5.13. The number of aliphatic hydroxyl groups excluding tert-OH is 1. The van der Waals surface area contributed by atoms with Crippen molar-refractivity contribution < 1.29 is 9.52 Å². The maximum absolute atomic E-state index is 11.4. The molecule has 0 amide bonds. The zero-order valence-electron chi connectivity index (χ0n) is 7.44. The number of rotatable bonds is 1. The molecule has 0 aliphatic heterocycles. The number of aromatic amines is 1. The summed E-state index contributed by atoms with van der Waals surface area (Å²) >= 11 is 0. The van der Waals surface area contributed by atoms with Gasteiger partial charge in [-0.3, -0.25) is 10.5 Å². The standard InChI is InChI=1S/C8H9N3O3/c1-3-4-7(13)10-2-11-8(4)14-5(3)6(9)12/h2,6,12H,9H2,1H3,(H,10,11,13). The van der Waals surface area contributed by atoms with E-state index in [1.807, 2.05) is 0 Å². The van der Waals surface area contributed by atoms with E-state index in [1.54, 1.807) is 6.92 Å². The van der Waals surface area contributed by atoms with E-state index in [2.05, 4.69) is 9.97 Å². The van der Waals surface area contributed by atoms with Gasteiger partial charge in [0.1, 0.15) is 5.39 Å². The lowest BCUT2D eigenvalue weighted by Crippen LogP contribution is -2.09. The van der Waals surface area contributed by atoms with Crippen LogP contribution in [0.1, 0.15) is 17.6 Å². The number of nitrogens with zero attached hydrogens (tertiary/aromatic N) is 1. The fourth-order valence-corrected chi connectivity index (χ4v) is 1.38. The smallest absolute Gasteiger partial charge is 0.262 e. The van der Waals surface area contributed by atoms with Crippen LogP contribution in [0.3, 0.4) is 0 Å². The van der Waals surface area contributed by atoms with Crippen molar-refractivity contribution in [2.24, 2.45) is 5.73 Å². The van der Waals surface area contributed by atoms with E-state index in [-0.39, 0.29) is 17.0 Å². The first-order valence-electron chi connectivity index (χ1n) is 4.01. The van der Waals surface area contributed by atoms with Crippen LogP contribution in [-0.2, 0) is 0 Å². The summed E-state index contributed by atoms with van der Waals surface area (Å²) in [6.07, 6.45) is 0.00362. The number of nitrogens with two attached hydrogens (primary N) is 1. The second kappa shape index (κ2) is 2.93. The third-order valence-corrected chi connectivity index (χ3v) is 2.04. The van der Waals surface area contributed by atoms with Gasteiger partial charge in [-0.15, -0.1) is 0 Å². The van der Waals surface area contributed by atoms with Crippen molar-refractivity contribution in [2.75, 3.05) is 0 Å². The van der Waals surface area contributed by atoms with Gasteiger partial charge in [-0.05, 0) is 6.92 Å². The summed E-state index contributed by atoms with van der Waals surface area (Å²) in [6, 6.07) is 0. The zero-order valence-corrected chi connectivity index (χ0v) is 7.44. The van der Waals surface area contributed by atoms with Crippen molar-refractivity contribution in [1.82, 2.24) is 9.97 Å². The molecule has 2 aromatic heterocycles. The van der Waals surface area contributed by atoms with Crippen LogP contribution in [0.15, 0.2) is 15.5 Å². The first kappa shape index (κ1) is 8.92. The van der Waals surface area contributed by atoms with Crippen molar-refractivity contribution in [1.29, 1.82) is 0 Å². The molecule has 2 heterocycles. The van der Waals surface area contributed by atoms with Gasteiger partial charge in [0.05, 0.1) is 6.33 Å². The average Bonchev–Trinajstić information content (AvgIpc) is 2.45. The summed E-state index contributed by atoms with van der Waals surface area (Å²) in [5.41, 5.74) is 5.65. The van der Waals surface area contributed by atoms with Crippen LogP contribution in [0.25, 0.3) is 11.1 Å². The minimum Gasteiger partial charge on any atom is -0.438 e. The first-order valence-corrected chi connectivity index (χ1v) is 4.01. The Balaban J connectivity index is 2.88. The van der Waals surface area contributed by atoms with Gasteiger partial charge < -0.3 is 14.5 Å². The number of aryl methyl sites for hydroxylation is 1. The predicted octanol–water partition coefficient (Wildman–Crippen LogP) is -0.226. The second-order valence-electron chi connectivity index (χ2n) is 2.95. The lowest BCUT2D eigenvalue weighted by atomic mass is 10.2. The van der Waals surface area contributed by atoms with Gasteiger partial charge in [0, 0.05) is 5.56 Å². The van der Waals surface area contributed by atoms with Gasteiger partial charge in [0.15, 0.2) is 12.0 Å². The van der Waals surface area contributed by atoms with Crippen molar-refractivity contribution in [2.45, 2.75) is 13.2 Å². The molecule has 0 aliphatic rings. The number of nitrogens with one attached hydrogen (secondary N) is 1. The molecule has 0 radical (unpaired) electrons. The molecule has 6 nitrogen and oxygen atoms in total. The van der Waals surface area contributed by atoms with Crippen LogP contribution in [-0.4, -0.2) is 15.1 Å². The fourth-order valence-electron chi connectivity index (χ4n) is 1.38. The van der Waals surface area contributed by atoms with Gasteiger partial charge in [0.25, 0.3) is 5.56 Å². The Morgan fingerprint density at radius 2 is 2.43 bits per heavy atom. The largest absolute Gasteiger partial charge is 0.438 e. The highest BCUT2D eigenvalue weighted by molar-refractivity contribution is 5.77. The monoisotopic (exact) mass is 195 g/mol. The van der Waals surface area contributed by atoms with E-state index in [0.717, 1.165) is 0 Å². The van der Waals surface area contributed by atoms with Crippen molar-refractivity contribution in [3.63, 3.8) is 0 Å². The van der Waals surface area contributed by atoms with Gasteiger partial charge in [-0.1, -0.05) is 0 Å². The van der Waals surface area contributed by atoms with Gasteiger partial charge >= 0.3 is 0 Å². The van der Waals surface area contributed by atoms with Crippen LogP contribution in [0.5, 0.6) is 0 Å². The van der Waals surface area contributed by atoms with Crippen molar-refractivity contribution in [3.8, 4) is 0 Å². The van der Waals surface area contributed by atoms with E-state index in [1.165, 1.54) is 6.33 Å². The minimum atomic E-state index is -1.23. The molecule has 74 valence electrons. The van der Waals surface area contributed by atoms with Crippen LogP contribution in [0.4, 0.5) is 0 Å². The maximum atomic E-state index is 11.4. The number of fused-ring (bicyclic) bond motifs is 1. The van der Waals surface area contributed by atoms with Crippen LogP contribution >= 0.6 is 0 Å². The Morgan fingerprint density at radius 1 is 1.71 bits per heavy atom. The first-order chi connectivity index (χ1) is 6.61. The molecule has 1 atom stereocenters. The molecule has 0 bridgehead atoms. The molecule has 2 rings (SSSR count). The third kappa shape index (κ3) is 1.12. The van der Waals surface area contributed by atoms with Crippen LogP contribution < -0.4 is 11.3 Å². The van der Waals surface area contributed by atoms with Crippen LogP contribution in [0.2, 0.25) is 0 Å². The molecule has 0 spiro atoms. The quantitative estimate of drug-likeness (QED) is 0.545. The summed E-state index contributed by atoms with van der Waals surface area (Å²) in [5, 5.41) is 9.47. The van der Waals surface area contributed by atoms with Gasteiger partial charge in [0.2, 0.25) is 5.71 Å². The van der Waals surface area contributed by atoms with Gasteiger partial charge in [-0.25, -0.2) is 4.98 Å². The molecule has 2 aromatic rings. The molecular formula is C8H9N3O3. The maximum Gasteiger partial charge on any atom is 0.262 e. The Morgan fingerprint density at radius 3 is 3.00 bits per heavy atom. The van der Waals surface area contributed by atoms with Crippen molar-refractivity contribution >= 4 is 11.1 Å². The number of hydrogen-bond donors (Lipinski definition) is 3. The fraction of sp³-hybridized carbons (Fsp3) is 0.250. The lowest BCUT2D eigenvalue weighted by molar-refractivity contribution is 0.158. The number of H-pyrrole nitrogens is 1. The molecular weight excluding hydrogens is 186 g/mol. The molecule has 0 fully saturated rings. The highest BCUT2D eigenvalue weighted by Gasteiger charge is 2.17. The van der Waals surface area contributed by atoms with Crippen molar-refractivity contribution in [3.05, 3.63) is 28.0 Å². The number of aromatic nitrogens is 2. The number of aliphatic hydroxyl groups is 1. The van der Waals surface area contributed by atoms with Crippen LogP contribution in [0, 0.1) is 6.92 Å². The Kier molecular flexibility index (Phi) is 1.87. The Bertz CT molecular complexity index is 526. The van der Waals surface area contributed by atoms with Gasteiger partial charge in [-0.2, -0.15) is 0 Å². The highest BCUT2D eigenvalue weighted by atomic mass is 16.4. The van der Waals surface area contributed by atoms with E-state index < -0.39 is 6.23 Å². The predicted molar refractivity (Wildman–Crippen MR) is 48.5 cm³/mol. The Labute approximate surface area is 78.4 Å². The average molecular weight is 195 g/mol. The molecule has 0 saturated carbocycles. The lowest BCUT2D eigenvalue weighted by Gasteiger charge is -1.98. The summed E-state index contributed by atoms with van der Waals surface area (Å²) in [7, 11) is 0. The topological polar surface area (TPSA) is 105 Å². The van der Waals surface area contributed by atoms with E-state index >= 15 is 0 Å². The summed E-state index contributed by atoms with van der Waals surface area (Å²) in [5.74, 6) is 0.171. The van der Waals surface area contributed by atoms with E-state index in [0.29, 0.717) is 10.9 Å². The highest BCUT2D eigenvalue weighted by Crippen LogP contribution is 2.22. The molecule has 0 aliphatic carbocycles. The van der Waals surface area contributed by atoms with E-state index in [4.69, 9.17) is 15.3 Å². The Hall–Kier alpha value is -1.66. The molecule has 4 N–H and O–H groups in total. The molecule has 1 unspecified atom stereocenters. The number of furan rings is 1. The molecule has 0 saturated heterocycles. The molecule has 0 aromatic carbocycles. The summed E-state index contributed by atoms with van der Waals surface area (Å²) in [4.78, 5) is 17.6. The zero-order chi connectivity index (χ0) is 10.3. The molecule has 6 heteroatoms. The SMILES string of the molecule is Cc1c(C(N)O)oc2nc[nH]c(=O)c12.